The van der Waals surface area contributed by atoms with Gasteiger partial charge in [0.25, 0.3) is 0 Å². The Morgan fingerprint density at radius 2 is 2.40 bits per heavy atom. The van der Waals surface area contributed by atoms with Crippen LogP contribution in [0.15, 0.2) is 6.20 Å². The second-order valence-corrected chi connectivity index (χ2v) is 4.74. The molecule has 86 valence electrons. The highest BCUT2D eigenvalue weighted by Gasteiger charge is 2.16. The van der Waals surface area contributed by atoms with Gasteiger partial charge in [-0.25, -0.2) is 0 Å². The molecule has 0 aliphatic rings. The zero-order chi connectivity index (χ0) is 11.3. The van der Waals surface area contributed by atoms with Crippen LogP contribution in [-0.2, 0) is 6.54 Å². The quantitative estimate of drug-likeness (QED) is 0.787. The first-order valence-electron chi connectivity index (χ1n) is 5.08. The van der Waals surface area contributed by atoms with Crippen molar-refractivity contribution in [2.45, 2.75) is 32.4 Å². The second-order valence-electron chi connectivity index (χ2n) is 3.34. The SMILES string of the molecule is CCn1ncc(Cl)c1C(O)CCCSC. The fraction of sp³-hybridized carbons (Fsp3) is 0.700. The molecule has 1 N–H and O–H groups in total. The van der Waals surface area contributed by atoms with E-state index in [2.05, 4.69) is 11.4 Å². The van der Waals surface area contributed by atoms with E-state index >= 15 is 0 Å². The van der Waals surface area contributed by atoms with Crippen molar-refractivity contribution in [2.75, 3.05) is 12.0 Å². The summed E-state index contributed by atoms with van der Waals surface area (Å²) in [5.41, 5.74) is 0.750. The van der Waals surface area contributed by atoms with Crippen molar-refractivity contribution in [2.24, 2.45) is 0 Å². The average Bonchev–Trinajstić information content (AvgIpc) is 2.59. The molecule has 1 heterocycles. The summed E-state index contributed by atoms with van der Waals surface area (Å²) in [4.78, 5) is 0. The summed E-state index contributed by atoms with van der Waals surface area (Å²) in [6.45, 7) is 2.73. The Labute approximate surface area is 99.8 Å². The van der Waals surface area contributed by atoms with E-state index in [-0.39, 0.29) is 0 Å². The van der Waals surface area contributed by atoms with Crippen molar-refractivity contribution < 1.29 is 5.11 Å². The zero-order valence-electron chi connectivity index (χ0n) is 9.11. The molecule has 3 nitrogen and oxygen atoms in total. The summed E-state index contributed by atoms with van der Waals surface area (Å²) >= 11 is 7.77. The molecule has 1 atom stereocenters. The number of aliphatic hydroxyl groups excluding tert-OH is 1. The Morgan fingerprint density at radius 1 is 1.67 bits per heavy atom. The summed E-state index contributed by atoms with van der Waals surface area (Å²) in [6, 6.07) is 0. The number of rotatable bonds is 6. The second kappa shape index (κ2) is 6.40. The first kappa shape index (κ1) is 12.9. The van der Waals surface area contributed by atoms with Crippen molar-refractivity contribution in [1.29, 1.82) is 0 Å². The lowest BCUT2D eigenvalue weighted by atomic mass is 10.1. The van der Waals surface area contributed by atoms with Gasteiger partial charge < -0.3 is 5.11 Å². The molecule has 1 aromatic heterocycles. The van der Waals surface area contributed by atoms with Crippen LogP contribution in [0.5, 0.6) is 0 Å². The van der Waals surface area contributed by atoms with Crippen molar-refractivity contribution in [1.82, 2.24) is 9.78 Å². The van der Waals surface area contributed by atoms with E-state index in [9.17, 15) is 5.11 Å². The maximum Gasteiger partial charge on any atom is 0.0972 e. The van der Waals surface area contributed by atoms with Crippen LogP contribution in [-0.4, -0.2) is 26.9 Å². The lowest BCUT2D eigenvalue weighted by Gasteiger charge is -2.12. The fourth-order valence-electron chi connectivity index (χ4n) is 1.51. The molecule has 1 rings (SSSR count). The van der Waals surface area contributed by atoms with Gasteiger partial charge >= 0.3 is 0 Å². The Bertz CT molecular complexity index is 304. The van der Waals surface area contributed by atoms with Gasteiger partial charge in [-0.15, -0.1) is 0 Å². The van der Waals surface area contributed by atoms with Gasteiger partial charge in [0, 0.05) is 6.54 Å². The molecule has 1 aromatic rings. The molecule has 5 heteroatoms. The number of aromatic nitrogens is 2. The molecule has 0 bridgehead atoms. The minimum absolute atomic E-state index is 0.493. The van der Waals surface area contributed by atoms with Crippen LogP contribution < -0.4 is 0 Å². The third kappa shape index (κ3) is 3.40. The molecule has 0 aromatic carbocycles. The van der Waals surface area contributed by atoms with Crippen LogP contribution in [0.25, 0.3) is 0 Å². The topological polar surface area (TPSA) is 38.0 Å². The van der Waals surface area contributed by atoms with Gasteiger partial charge in [-0.1, -0.05) is 11.6 Å². The van der Waals surface area contributed by atoms with Crippen molar-refractivity contribution in [3.05, 3.63) is 16.9 Å². The molecule has 0 radical (unpaired) electrons. The molecule has 0 aliphatic heterocycles. The van der Waals surface area contributed by atoms with Gasteiger partial charge in [-0.3, -0.25) is 4.68 Å². The molecular weight excluding hydrogens is 232 g/mol. The summed E-state index contributed by atoms with van der Waals surface area (Å²) in [5.74, 6) is 1.06. The highest BCUT2D eigenvalue weighted by atomic mass is 35.5. The molecule has 1 unspecified atom stereocenters. The lowest BCUT2D eigenvalue weighted by molar-refractivity contribution is 0.156. The third-order valence-electron chi connectivity index (χ3n) is 2.27. The van der Waals surface area contributed by atoms with Crippen LogP contribution >= 0.6 is 23.4 Å². The average molecular weight is 249 g/mol. The minimum atomic E-state index is -0.493. The molecule has 0 fully saturated rings. The molecule has 0 aliphatic carbocycles. The number of thioether (sulfide) groups is 1. The van der Waals surface area contributed by atoms with Gasteiger partial charge in [0.15, 0.2) is 0 Å². The van der Waals surface area contributed by atoms with E-state index in [1.54, 1.807) is 22.6 Å². The Morgan fingerprint density at radius 3 is 3.00 bits per heavy atom. The van der Waals surface area contributed by atoms with Crippen molar-refractivity contribution in [3.63, 3.8) is 0 Å². The molecule has 0 saturated carbocycles. The third-order valence-corrected chi connectivity index (χ3v) is 3.26. The van der Waals surface area contributed by atoms with E-state index in [1.807, 2.05) is 6.92 Å². The maximum atomic E-state index is 9.97. The van der Waals surface area contributed by atoms with Gasteiger partial charge in [0.2, 0.25) is 0 Å². The van der Waals surface area contributed by atoms with Gasteiger partial charge in [0.1, 0.15) is 0 Å². The highest BCUT2D eigenvalue weighted by Crippen LogP contribution is 2.26. The van der Waals surface area contributed by atoms with Crippen molar-refractivity contribution >= 4 is 23.4 Å². The minimum Gasteiger partial charge on any atom is -0.387 e. The van der Waals surface area contributed by atoms with Crippen LogP contribution in [0.2, 0.25) is 5.02 Å². The first-order chi connectivity index (χ1) is 7.20. The van der Waals surface area contributed by atoms with Crippen LogP contribution in [0.4, 0.5) is 0 Å². The van der Waals surface area contributed by atoms with E-state index in [0.29, 0.717) is 5.02 Å². The van der Waals surface area contributed by atoms with E-state index < -0.39 is 6.10 Å². The normalized spacial score (nSPS) is 13.1. The summed E-state index contributed by atoms with van der Waals surface area (Å²) in [5, 5.41) is 14.6. The number of aryl methyl sites for hydroxylation is 1. The van der Waals surface area contributed by atoms with Crippen LogP contribution in [0, 0.1) is 0 Å². The van der Waals surface area contributed by atoms with E-state index in [1.165, 1.54) is 0 Å². The Balaban J connectivity index is 2.63. The smallest absolute Gasteiger partial charge is 0.0972 e. The predicted octanol–water partition coefficient (Wildman–Crippen LogP) is 2.73. The zero-order valence-corrected chi connectivity index (χ0v) is 10.7. The summed E-state index contributed by atoms with van der Waals surface area (Å²) < 4.78 is 1.76. The fourth-order valence-corrected chi connectivity index (χ4v) is 2.24. The summed E-state index contributed by atoms with van der Waals surface area (Å²) in [6.07, 6.45) is 4.90. The van der Waals surface area contributed by atoms with Crippen molar-refractivity contribution in [3.8, 4) is 0 Å². The van der Waals surface area contributed by atoms with E-state index in [0.717, 1.165) is 30.8 Å². The number of hydrogen-bond donors (Lipinski definition) is 1. The lowest BCUT2D eigenvalue weighted by Crippen LogP contribution is -2.08. The van der Waals surface area contributed by atoms with Gasteiger partial charge in [-0.2, -0.15) is 16.9 Å². The first-order valence-corrected chi connectivity index (χ1v) is 6.86. The Hall–Kier alpha value is -0.190. The highest BCUT2D eigenvalue weighted by molar-refractivity contribution is 7.98. The molecular formula is C10H17ClN2OS. The summed E-state index contributed by atoms with van der Waals surface area (Å²) in [7, 11) is 0. The molecule has 15 heavy (non-hydrogen) atoms. The standard InChI is InChI=1S/C10H17ClN2OS/c1-3-13-10(8(11)7-12-13)9(14)5-4-6-15-2/h7,9,14H,3-6H2,1-2H3. The molecule has 0 saturated heterocycles. The monoisotopic (exact) mass is 248 g/mol. The van der Waals surface area contributed by atoms with Gasteiger partial charge in [-0.05, 0) is 31.8 Å². The van der Waals surface area contributed by atoms with Crippen LogP contribution in [0.3, 0.4) is 0 Å². The molecule has 0 spiro atoms. The Kier molecular flexibility index (Phi) is 5.50. The largest absolute Gasteiger partial charge is 0.387 e. The number of aliphatic hydroxyl groups is 1. The molecule has 0 amide bonds. The number of nitrogens with zero attached hydrogens (tertiary/aromatic N) is 2. The van der Waals surface area contributed by atoms with E-state index in [4.69, 9.17) is 11.6 Å². The maximum absolute atomic E-state index is 9.97. The predicted molar refractivity (Wildman–Crippen MR) is 65.5 cm³/mol. The van der Waals surface area contributed by atoms with Gasteiger partial charge in [0.05, 0.1) is 23.0 Å². The number of hydrogen-bond acceptors (Lipinski definition) is 3. The number of halogens is 1. The van der Waals surface area contributed by atoms with Crippen LogP contribution in [0.1, 0.15) is 31.6 Å².